The molecule has 0 bridgehead atoms. The minimum Gasteiger partial charge on any atom is -0.495 e. The van der Waals surface area contributed by atoms with Gasteiger partial charge in [0.2, 0.25) is 0 Å². The van der Waals surface area contributed by atoms with Crippen LogP contribution in [-0.4, -0.2) is 32.4 Å². The van der Waals surface area contributed by atoms with Gasteiger partial charge >= 0.3 is 0 Å². The highest BCUT2D eigenvalue weighted by atomic mass is 32.2. The second-order valence-corrected chi connectivity index (χ2v) is 8.41. The number of non-ortho nitro benzene ring substituents is 1. The van der Waals surface area contributed by atoms with Crippen LogP contribution in [0, 0.1) is 10.1 Å². The largest absolute Gasteiger partial charge is 0.495 e. The molecule has 1 aliphatic carbocycles. The van der Waals surface area contributed by atoms with E-state index in [0.29, 0.717) is 0 Å². The van der Waals surface area contributed by atoms with Crippen molar-refractivity contribution < 1.29 is 22.9 Å². The van der Waals surface area contributed by atoms with Crippen LogP contribution in [0.25, 0.3) is 0 Å². The molecule has 0 radical (unpaired) electrons. The zero-order valence-electron chi connectivity index (χ0n) is 15.8. The number of methoxy groups -OCH3 is 1. The summed E-state index contributed by atoms with van der Waals surface area (Å²) in [6.45, 7) is 0. The number of ether oxygens (including phenoxy) is 1. The summed E-state index contributed by atoms with van der Waals surface area (Å²) >= 11 is 0. The van der Waals surface area contributed by atoms with Gasteiger partial charge in [0.05, 0.1) is 22.6 Å². The number of benzene rings is 2. The average Bonchev–Trinajstić information content (AvgIpc) is 3.20. The molecule has 1 aliphatic rings. The lowest BCUT2D eigenvalue weighted by Gasteiger charge is -2.14. The second kappa shape index (κ2) is 8.48. The molecule has 1 saturated carbocycles. The van der Waals surface area contributed by atoms with E-state index in [4.69, 9.17) is 4.74 Å². The fourth-order valence-electron chi connectivity index (χ4n) is 3.24. The summed E-state index contributed by atoms with van der Waals surface area (Å²) in [5, 5.41) is 13.9. The number of nitro benzene ring substituents is 1. The predicted molar refractivity (Wildman–Crippen MR) is 107 cm³/mol. The SMILES string of the molecule is COc1ccc([N+](=O)[O-])cc1NS(=O)(=O)c1cccc(C(=O)NC2CCCC2)c1. The molecule has 10 heteroatoms. The number of carbonyl (C=O) groups excluding carboxylic acids is 1. The summed E-state index contributed by atoms with van der Waals surface area (Å²) in [5.74, 6) is -0.198. The van der Waals surface area contributed by atoms with Crippen molar-refractivity contribution in [1.82, 2.24) is 5.32 Å². The molecular weight excluding hydrogens is 398 g/mol. The van der Waals surface area contributed by atoms with Gasteiger partial charge < -0.3 is 10.1 Å². The third-order valence-electron chi connectivity index (χ3n) is 4.74. The monoisotopic (exact) mass is 419 g/mol. The molecular formula is C19H21N3O6S. The van der Waals surface area contributed by atoms with Gasteiger partial charge in [-0.3, -0.25) is 19.6 Å². The van der Waals surface area contributed by atoms with Crippen molar-refractivity contribution >= 4 is 27.3 Å². The summed E-state index contributed by atoms with van der Waals surface area (Å²) in [5.41, 5.74) is -0.124. The number of amides is 1. The molecule has 29 heavy (non-hydrogen) atoms. The molecule has 154 valence electrons. The number of hydrogen-bond acceptors (Lipinski definition) is 6. The highest BCUT2D eigenvalue weighted by Gasteiger charge is 2.22. The zero-order chi connectivity index (χ0) is 21.0. The maximum absolute atomic E-state index is 12.8. The number of nitro groups is 1. The fourth-order valence-corrected chi connectivity index (χ4v) is 4.34. The van der Waals surface area contributed by atoms with E-state index >= 15 is 0 Å². The Morgan fingerprint density at radius 3 is 2.55 bits per heavy atom. The third kappa shape index (κ3) is 4.83. The molecule has 0 aromatic heterocycles. The first kappa shape index (κ1) is 20.6. The molecule has 2 aromatic carbocycles. The van der Waals surface area contributed by atoms with Gasteiger partial charge in [0, 0.05) is 23.7 Å². The Bertz CT molecular complexity index is 1030. The summed E-state index contributed by atoms with van der Waals surface area (Å²) in [7, 11) is -2.78. The number of sulfonamides is 1. The average molecular weight is 419 g/mol. The van der Waals surface area contributed by atoms with Crippen LogP contribution in [-0.2, 0) is 10.0 Å². The smallest absolute Gasteiger partial charge is 0.271 e. The maximum Gasteiger partial charge on any atom is 0.271 e. The van der Waals surface area contributed by atoms with Gasteiger partial charge in [-0.05, 0) is 37.1 Å². The van der Waals surface area contributed by atoms with E-state index in [2.05, 4.69) is 10.0 Å². The Labute approximate surface area is 168 Å². The van der Waals surface area contributed by atoms with Crippen LogP contribution in [0.4, 0.5) is 11.4 Å². The lowest BCUT2D eigenvalue weighted by molar-refractivity contribution is -0.384. The van der Waals surface area contributed by atoms with Crippen LogP contribution in [0.2, 0.25) is 0 Å². The van der Waals surface area contributed by atoms with Crippen LogP contribution in [0.5, 0.6) is 5.75 Å². The zero-order valence-corrected chi connectivity index (χ0v) is 16.6. The van der Waals surface area contributed by atoms with Gasteiger partial charge in [-0.2, -0.15) is 0 Å². The van der Waals surface area contributed by atoms with Crippen molar-refractivity contribution in [3.8, 4) is 5.75 Å². The summed E-state index contributed by atoms with van der Waals surface area (Å²) in [4.78, 5) is 22.7. The minimum atomic E-state index is -4.10. The predicted octanol–water partition coefficient (Wildman–Crippen LogP) is 3.08. The molecule has 0 atom stereocenters. The Morgan fingerprint density at radius 2 is 1.90 bits per heavy atom. The van der Waals surface area contributed by atoms with Gasteiger partial charge in [-0.15, -0.1) is 0 Å². The number of hydrogen-bond donors (Lipinski definition) is 2. The van der Waals surface area contributed by atoms with Crippen molar-refractivity contribution in [2.75, 3.05) is 11.8 Å². The van der Waals surface area contributed by atoms with Crippen LogP contribution in [0.1, 0.15) is 36.0 Å². The van der Waals surface area contributed by atoms with Gasteiger partial charge in [0.25, 0.3) is 21.6 Å². The van der Waals surface area contributed by atoms with E-state index in [1.165, 1.54) is 43.5 Å². The van der Waals surface area contributed by atoms with E-state index in [0.717, 1.165) is 31.7 Å². The quantitative estimate of drug-likeness (QED) is 0.524. The van der Waals surface area contributed by atoms with E-state index in [1.807, 2.05) is 0 Å². The Balaban J connectivity index is 1.85. The number of anilines is 1. The molecule has 2 N–H and O–H groups in total. The van der Waals surface area contributed by atoms with Crippen LogP contribution < -0.4 is 14.8 Å². The minimum absolute atomic E-state index is 0.0671. The van der Waals surface area contributed by atoms with Crippen molar-refractivity contribution in [3.63, 3.8) is 0 Å². The molecule has 3 rings (SSSR count). The molecule has 0 unspecified atom stereocenters. The molecule has 0 saturated heterocycles. The van der Waals surface area contributed by atoms with E-state index in [9.17, 15) is 23.3 Å². The van der Waals surface area contributed by atoms with Crippen LogP contribution in [0.3, 0.4) is 0 Å². The topological polar surface area (TPSA) is 128 Å². The van der Waals surface area contributed by atoms with E-state index in [-0.39, 0.29) is 39.5 Å². The second-order valence-electron chi connectivity index (χ2n) is 6.73. The lowest BCUT2D eigenvalue weighted by atomic mass is 10.2. The third-order valence-corrected chi connectivity index (χ3v) is 6.10. The van der Waals surface area contributed by atoms with Crippen LogP contribution in [0.15, 0.2) is 47.4 Å². The first-order chi connectivity index (χ1) is 13.8. The van der Waals surface area contributed by atoms with Gasteiger partial charge in [0.1, 0.15) is 5.75 Å². The Morgan fingerprint density at radius 1 is 1.17 bits per heavy atom. The normalized spacial score (nSPS) is 14.4. The standard InChI is InChI=1S/C19H21N3O6S/c1-28-18-10-9-15(22(24)25)12-17(18)21-29(26,27)16-8-4-5-13(11-16)19(23)20-14-6-2-3-7-14/h4-5,8-12,14,21H,2-3,6-7H2,1H3,(H,20,23). The molecule has 0 spiro atoms. The van der Waals surface area contributed by atoms with E-state index in [1.54, 1.807) is 0 Å². The highest BCUT2D eigenvalue weighted by molar-refractivity contribution is 7.92. The van der Waals surface area contributed by atoms with Gasteiger partial charge in [-0.1, -0.05) is 18.9 Å². The molecule has 9 nitrogen and oxygen atoms in total. The van der Waals surface area contributed by atoms with Crippen molar-refractivity contribution in [2.45, 2.75) is 36.6 Å². The van der Waals surface area contributed by atoms with Gasteiger partial charge in [-0.25, -0.2) is 8.42 Å². The number of nitrogens with zero attached hydrogens (tertiary/aromatic N) is 1. The highest BCUT2D eigenvalue weighted by Crippen LogP contribution is 2.31. The Kier molecular flexibility index (Phi) is 6.02. The molecule has 1 fully saturated rings. The molecule has 0 heterocycles. The van der Waals surface area contributed by atoms with Gasteiger partial charge in [0.15, 0.2) is 0 Å². The molecule has 0 aliphatic heterocycles. The Hall–Kier alpha value is -3.14. The van der Waals surface area contributed by atoms with Crippen LogP contribution >= 0.6 is 0 Å². The molecule has 1 amide bonds. The molecule has 2 aromatic rings. The summed E-state index contributed by atoms with van der Waals surface area (Å²) in [6, 6.07) is 9.34. The van der Waals surface area contributed by atoms with Crippen molar-refractivity contribution in [1.29, 1.82) is 0 Å². The van der Waals surface area contributed by atoms with E-state index < -0.39 is 14.9 Å². The first-order valence-electron chi connectivity index (χ1n) is 9.06. The number of nitrogens with one attached hydrogen (secondary N) is 2. The van der Waals surface area contributed by atoms with Crippen molar-refractivity contribution in [2.24, 2.45) is 0 Å². The fraction of sp³-hybridized carbons (Fsp3) is 0.316. The summed E-state index contributed by atoms with van der Waals surface area (Å²) in [6.07, 6.45) is 3.96. The number of carbonyl (C=O) groups is 1. The summed E-state index contributed by atoms with van der Waals surface area (Å²) < 4.78 is 33.0. The first-order valence-corrected chi connectivity index (χ1v) is 10.5. The number of rotatable bonds is 7. The maximum atomic E-state index is 12.8. The lowest BCUT2D eigenvalue weighted by Crippen LogP contribution is -2.32. The van der Waals surface area contributed by atoms with Crippen molar-refractivity contribution in [3.05, 3.63) is 58.1 Å².